The molecule has 4 N–H and O–H groups in total. The van der Waals surface area contributed by atoms with E-state index >= 15 is 0 Å². The Labute approximate surface area is 122 Å². The lowest BCUT2D eigenvalue weighted by molar-refractivity contribution is -0.347. The molecule has 0 aliphatic heterocycles. The summed E-state index contributed by atoms with van der Waals surface area (Å²) in [7, 11) is 0. The molecule has 0 amide bonds. The number of anilines is 1. The minimum atomic E-state index is 0.273. The molecule has 5 nitrogen and oxygen atoms in total. The van der Waals surface area contributed by atoms with Crippen molar-refractivity contribution >= 4 is 39.8 Å². The Hall–Kier alpha value is -2.25. The van der Waals surface area contributed by atoms with Crippen LogP contribution in [-0.2, 0) is 0 Å². The van der Waals surface area contributed by atoms with E-state index in [1.165, 1.54) is 9.75 Å². The van der Waals surface area contributed by atoms with Crippen molar-refractivity contribution in [1.82, 2.24) is 15.0 Å². The van der Waals surface area contributed by atoms with Crippen molar-refractivity contribution in [2.24, 2.45) is 0 Å². The third kappa shape index (κ3) is 1.79. The lowest BCUT2D eigenvalue weighted by atomic mass is 10.3. The molecule has 0 aliphatic rings. The number of rotatable bonds is 2. The van der Waals surface area contributed by atoms with Crippen molar-refractivity contribution < 1.29 is 4.98 Å². The molecule has 0 radical (unpaired) electrons. The highest BCUT2D eigenvalue weighted by Gasteiger charge is 2.17. The number of hydrogen-bond acceptors (Lipinski definition) is 5. The lowest BCUT2D eigenvalue weighted by Gasteiger charge is -1.95. The average Bonchev–Trinajstić information content (AvgIpc) is 3.18. The van der Waals surface area contributed by atoms with E-state index in [2.05, 4.69) is 49.6 Å². The molecule has 20 heavy (non-hydrogen) atoms. The van der Waals surface area contributed by atoms with E-state index in [1.807, 2.05) is 0 Å². The van der Waals surface area contributed by atoms with Crippen molar-refractivity contribution in [3.63, 3.8) is 0 Å². The van der Waals surface area contributed by atoms with Gasteiger partial charge in [-0.3, -0.25) is 4.98 Å². The fraction of sp³-hybridized carbons (Fsp3) is 0. The second-order valence-electron chi connectivity index (χ2n) is 4.23. The Bertz CT molecular complexity index is 875. The van der Waals surface area contributed by atoms with Gasteiger partial charge in [-0.15, -0.1) is 22.7 Å². The third-order valence-electron chi connectivity index (χ3n) is 2.96. The quantitative estimate of drug-likeness (QED) is 0.597. The largest absolute Gasteiger partial charge is 0.354 e. The van der Waals surface area contributed by atoms with Crippen LogP contribution in [0.2, 0.25) is 0 Å². The molecule has 0 unspecified atom stereocenters. The van der Waals surface area contributed by atoms with E-state index in [1.54, 1.807) is 29.0 Å². The van der Waals surface area contributed by atoms with Crippen molar-refractivity contribution in [3.05, 3.63) is 36.0 Å². The highest BCUT2D eigenvalue weighted by Crippen LogP contribution is 2.37. The van der Waals surface area contributed by atoms with Gasteiger partial charge in [-0.2, -0.15) is 4.98 Å². The molecule has 0 saturated heterocycles. The van der Waals surface area contributed by atoms with Gasteiger partial charge in [0.15, 0.2) is 6.33 Å². The molecular weight excluding hydrogens is 290 g/mol. The molecular formula is C13H10N5S2+. The van der Waals surface area contributed by atoms with Crippen LogP contribution < -0.4 is 10.7 Å². The van der Waals surface area contributed by atoms with Gasteiger partial charge < -0.3 is 5.73 Å². The van der Waals surface area contributed by atoms with Gasteiger partial charge in [0, 0.05) is 9.75 Å². The van der Waals surface area contributed by atoms with Crippen LogP contribution in [0.5, 0.6) is 0 Å². The third-order valence-corrected chi connectivity index (χ3v) is 5.11. The molecule has 4 heterocycles. The van der Waals surface area contributed by atoms with E-state index in [4.69, 9.17) is 5.73 Å². The van der Waals surface area contributed by atoms with Crippen molar-refractivity contribution in [2.75, 3.05) is 5.73 Å². The summed E-state index contributed by atoms with van der Waals surface area (Å²) in [5.41, 5.74) is 8.20. The zero-order chi connectivity index (χ0) is 13.5. The second kappa shape index (κ2) is 4.39. The Morgan fingerprint density at radius 3 is 2.85 bits per heavy atom. The first kappa shape index (κ1) is 11.6. The molecule has 0 bridgehead atoms. The summed E-state index contributed by atoms with van der Waals surface area (Å²) < 4.78 is 0. The van der Waals surface area contributed by atoms with Gasteiger partial charge in [0.1, 0.15) is 5.69 Å². The van der Waals surface area contributed by atoms with Crippen LogP contribution in [0.4, 0.5) is 5.95 Å². The Morgan fingerprint density at radius 2 is 2.00 bits per heavy atom. The number of aromatic amines is 2. The van der Waals surface area contributed by atoms with Crippen LogP contribution in [0, 0.1) is 0 Å². The number of thiophene rings is 2. The molecule has 0 aliphatic carbocycles. The highest BCUT2D eigenvalue weighted by molar-refractivity contribution is 7.23. The zero-order valence-corrected chi connectivity index (χ0v) is 11.9. The van der Waals surface area contributed by atoms with E-state index in [0.29, 0.717) is 0 Å². The first-order valence-electron chi connectivity index (χ1n) is 5.97. The van der Waals surface area contributed by atoms with Crippen LogP contribution in [0.25, 0.3) is 31.5 Å². The molecule has 0 fully saturated rings. The first-order chi connectivity index (χ1) is 9.81. The van der Waals surface area contributed by atoms with E-state index < -0.39 is 0 Å². The molecule has 0 spiro atoms. The standard InChI is InChI=1S/C13H9N5S2/c14-13-17-10(11-12(18-13)16-6-15-11)9-4-3-8(20-9)7-2-1-5-19-7/h1-6H,(H3,14,15,16,17,18)/p+1. The van der Waals surface area contributed by atoms with Crippen molar-refractivity contribution in [2.45, 2.75) is 0 Å². The van der Waals surface area contributed by atoms with E-state index in [9.17, 15) is 0 Å². The van der Waals surface area contributed by atoms with Gasteiger partial charge in [0.2, 0.25) is 5.52 Å². The maximum Gasteiger partial charge on any atom is 0.305 e. The van der Waals surface area contributed by atoms with Crippen molar-refractivity contribution in [3.8, 4) is 20.3 Å². The zero-order valence-electron chi connectivity index (χ0n) is 10.3. The van der Waals surface area contributed by atoms with Gasteiger partial charge in [-0.1, -0.05) is 11.1 Å². The smallest absolute Gasteiger partial charge is 0.305 e. The lowest BCUT2D eigenvalue weighted by Crippen LogP contribution is -2.03. The van der Waals surface area contributed by atoms with Gasteiger partial charge in [-0.05, 0) is 23.6 Å². The first-order valence-corrected chi connectivity index (χ1v) is 7.67. The summed E-state index contributed by atoms with van der Waals surface area (Å²) in [4.78, 5) is 18.3. The number of nitrogen functional groups attached to an aromatic ring is 1. The van der Waals surface area contributed by atoms with Crippen LogP contribution in [-0.4, -0.2) is 15.0 Å². The number of fused-ring (bicyclic) bond motifs is 1. The summed E-state index contributed by atoms with van der Waals surface area (Å²) in [6.45, 7) is 0. The Balaban J connectivity index is 1.89. The molecule has 4 rings (SSSR count). The topological polar surface area (TPSA) is 81.7 Å². The SMILES string of the molecule is Nc1nc(-c2ccc(-c3cccs3)s2)c2[nH]c[nH+]c2n1. The molecule has 4 aromatic heterocycles. The monoisotopic (exact) mass is 300 g/mol. The summed E-state index contributed by atoms with van der Waals surface area (Å²) in [5, 5.41) is 2.08. The molecule has 0 atom stereocenters. The fourth-order valence-corrected chi connectivity index (χ4v) is 3.93. The maximum atomic E-state index is 5.77. The Kier molecular flexibility index (Phi) is 2.54. The highest BCUT2D eigenvalue weighted by atomic mass is 32.1. The van der Waals surface area contributed by atoms with Crippen LogP contribution >= 0.6 is 22.7 Å². The van der Waals surface area contributed by atoms with Crippen LogP contribution in [0.1, 0.15) is 0 Å². The molecule has 0 aromatic carbocycles. The normalized spacial score (nSPS) is 11.2. The molecule has 98 valence electrons. The van der Waals surface area contributed by atoms with E-state index in [0.717, 1.165) is 21.7 Å². The number of nitrogens with zero attached hydrogens (tertiary/aromatic N) is 2. The Morgan fingerprint density at radius 1 is 1.10 bits per heavy atom. The molecule has 0 saturated carbocycles. The van der Waals surface area contributed by atoms with Gasteiger partial charge >= 0.3 is 5.65 Å². The van der Waals surface area contributed by atoms with Crippen molar-refractivity contribution in [1.29, 1.82) is 0 Å². The summed E-state index contributed by atoms with van der Waals surface area (Å²) in [5.74, 6) is 0.273. The van der Waals surface area contributed by atoms with Gasteiger partial charge in [0.25, 0.3) is 5.95 Å². The number of nitrogens with one attached hydrogen (secondary N) is 2. The van der Waals surface area contributed by atoms with E-state index in [-0.39, 0.29) is 5.95 Å². The second-order valence-corrected chi connectivity index (χ2v) is 6.26. The van der Waals surface area contributed by atoms with Gasteiger partial charge in [0.05, 0.1) is 4.88 Å². The maximum absolute atomic E-state index is 5.77. The number of imidazole rings is 1. The minimum absolute atomic E-state index is 0.273. The molecule has 7 heteroatoms. The minimum Gasteiger partial charge on any atom is -0.354 e. The fourth-order valence-electron chi connectivity index (χ4n) is 2.09. The average molecular weight is 300 g/mol. The van der Waals surface area contributed by atoms with Crippen LogP contribution in [0.15, 0.2) is 36.0 Å². The number of hydrogen-bond donors (Lipinski definition) is 2. The number of nitrogens with two attached hydrogens (primary N) is 1. The van der Waals surface area contributed by atoms with Crippen LogP contribution in [0.3, 0.4) is 0 Å². The predicted molar refractivity (Wildman–Crippen MR) is 81.5 cm³/mol. The number of H-pyrrole nitrogens is 2. The number of aromatic nitrogens is 4. The summed E-state index contributed by atoms with van der Waals surface area (Å²) in [6, 6.07) is 8.36. The predicted octanol–water partition coefficient (Wildman–Crippen LogP) is 2.81. The van der Waals surface area contributed by atoms with Gasteiger partial charge in [-0.25, -0.2) is 4.98 Å². The molecule has 4 aromatic rings. The summed E-state index contributed by atoms with van der Waals surface area (Å²) in [6.07, 6.45) is 1.73. The summed E-state index contributed by atoms with van der Waals surface area (Å²) >= 11 is 3.43.